The highest BCUT2D eigenvalue weighted by molar-refractivity contribution is 5.67. The molecule has 0 aromatic rings. The van der Waals surface area contributed by atoms with Gasteiger partial charge in [-0.3, -0.25) is 4.90 Å². The molecule has 1 heterocycles. The van der Waals surface area contributed by atoms with Crippen molar-refractivity contribution in [3.05, 3.63) is 0 Å². The molecule has 2 N–H and O–H groups in total. The minimum atomic E-state index is -0.456. The van der Waals surface area contributed by atoms with Crippen molar-refractivity contribution in [3.8, 4) is 0 Å². The summed E-state index contributed by atoms with van der Waals surface area (Å²) in [4.78, 5) is 13.7. The van der Waals surface area contributed by atoms with E-state index in [9.17, 15) is 9.90 Å². The third-order valence-corrected chi connectivity index (χ3v) is 3.03. The first kappa shape index (κ1) is 15.2. The zero-order valence-electron chi connectivity index (χ0n) is 11.7. The summed E-state index contributed by atoms with van der Waals surface area (Å²) < 4.78 is 5.16. The molecule has 5 heteroatoms. The van der Waals surface area contributed by atoms with Crippen LogP contribution in [0.1, 0.15) is 40.0 Å². The van der Waals surface area contributed by atoms with E-state index in [2.05, 4.69) is 10.2 Å². The first-order chi connectivity index (χ1) is 8.42. The van der Waals surface area contributed by atoms with Crippen LogP contribution >= 0.6 is 0 Å². The van der Waals surface area contributed by atoms with Crippen LogP contribution in [0.2, 0.25) is 0 Å². The fraction of sp³-hybridized carbons (Fsp3) is 0.923. The standard InChI is InChI=1S/C13H26N2O3/c1-13(2,3)18-12(17)14-7-9-15-8-5-4-6-11(15)10-16/h11,16H,4-10H2,1-3H3,(H,14,17). The fourth-order valence-corrected chi connectivity index (χ4v) is 2.18. The van der Waals surface area contributed by atoms with Crippen LogP contribution in [0.5, 0.6) is 0 Å². The third kappa shape index (κ3) is 5.69. The maximum absolute atomic E-state index is 11.5. The van der Waals surface area contributed by atoms with Crippen LogP contribution in [0.3, 0.4) is 0 Å². The number of likely N-dealkylation sites (tertiary alicyclic amines) is 1. The van der Waals surface area contributed by atoms with E-state index in [1.807, 2.05) is 20.8 Å². The summed E-state index contributed by atoms with van der Waals surface area (Å²) in [5.74, 6) is 0. The summed E-state index contributed by atoms with van der Waals surface area (Å²) in [7, 11) is 0. The highest BCUT2D eigenvalue weighted by atomic mass is 16.6. The van der Waals surface area contributed by atoms with E-state index < -0.39 is 5.60 Å². The number of ether oxygens (including phenoxy) is 1. The van der Waals surface area contributed by atoms with Crippen LogP contribution in [0.15, 0.2) is 0 Å². The van der Waals surface area contributed by atoms with E-state index in [-0.39, 0.29) is 18.7 Å². The number of aliphatic hydroxyl groups is 1. The van der Waals surface area contributed by atoms with Gasteiger partial charge in [0.05, 0.1) is 6.61 Å². The Morgan fingerprint density at radius 3 is 2.78 bits per heavy atom. The summed E-state index contributed by atoms with van der Waals surface area (Å²) in [5.41, 5.74) is -0.456. The van der Waals surface area contributed by atoms with Crippen molar-refractivity contribution in [2.75, 3.05) is 26.2 Å². The number of carbonyl (C=O) groups excluding carboxylic acids is 1. The van der Waals surface area contributed by atoms with Crippen molar-refractivity contribution >= 4 is 6.09 Å². The lowest BCUT2D eigenvalue weighted by atomic mass is 10.0. The SMILES string of the molecule is CC(C)(C)OC(=O)NCCN1CCCCC1CO. The van der Waals surface area contributed by atoms with Gasteiger partial charge >= 0.3 is 6.09 Å². The van der Waals surface area contributed by atoms with Crippen molar-refractivity contribution < 1.29 is 14.6 Å². The largest absolute Gasteiger partial charge is 0.444 e. The number of hydrogen-bond acceptors (Lipinski definition) is 4. The molecule has 1 aliphatic heterocycles. The second kappa shape index (κ2) is 6.95. The molecule has 1 amide bonds. The van der Waals surface area contributed by atoms with E-state index in [1.54, 1.807) is 0 Å². The van der Waals surface area contributed by atoms with Gasteiger partial charge in [0.25, 0.3) is 0 Å². The Balaban J connectivity index is 2.22. The van der Waals surface area contributed by atoms with Crippen molar-refractivity contribution in [2.24, 2.45) is 0 Å². The maximum Gasteiger partial charge on any atom is 0.407 e. The number of piperidine rings is 1. The van der Waals surface area contributed by atoms with Gasteiger partial charge in [0, 0.05) is 19.1 Å². The predicted molar refractivity (Wildman–Crippen MR) is 70.5 cm³/mol. The molecule has 1 saturated heterocycles. The Morgan fingerprint density at radius 1 is 1.44 bits per heavy atom. The van der Waals surface area contributed by atoms with Crippen LogP contribution in [-0.2, 0) is 4.74 Å². The highest BCUT2D eigenvalue weighted by Crippen LogP contribution is 2.15. The topological polar surface area (TPSA) is 61.8 Å². The molecule has 0 aromatic heterocycles. The molecular formula is C13H26N2O3. The van der Waals surface area contributed by atoms with E-state index in [0.29, 0.717) is 6.54 Å². The minimum absolute atomic E-state index is 0.201. The van der Waals surface area contributed by atoms with Crippen molar-refractivity contribution in [2.45, 2.75) is 51.7 Å². The Kier molecular flexibility index (Phi) is 5.88. The van der Waals surface area contributed by atoms with E-state index in [1.165, 1.54) is 12.8 Å². The summed E-state index contributed by atoms with van der Waals surface area (Å²) in [6.07, 6.45) is 3.02. The number of amides is 1. The smallest absolute Gasteiger partial charge is 0.407 e. The number of nitrogens with one attached hydrogen (secondary N) is 1. The molecule has 5 nitrogen and oxygen atoms in total. The fourth-order valence-electron chi connectivity index (χ4n) is 2.18. The predicted octanol–water partition coefficient (Wildman–Crippen LogP) is 1.36. The van der Waals surface area contributed by atoms with Gasteiger partial charge in [-0.2, -0.15) is 0 Å². The summed E-state index contributed by atoms with van der Waals surface area (Å²) in [6.45, 7) is 8.07. The van der Waals surface area contributed by atoms with Crippen molar-refractivity contribution in [1.82, 2.24) is 10.2 Å². The molecule has 106 valence electrons. The number of aliphatic hydroxyl groups excluding tert-OH is 1. The zero-order chi connectivity index (χ0) is 13.6. The van der Waals surface area contributed by atoms with Gasteiger partial charge in [0.1, 0.15) is 5.60 Å². The molecule has 1 aliphatic rings. The zero-order valence-corrected chi connectivity index (χ0v) is 11.7. The Labute approximate surface area is 109 Å². The van der Waals surface area contributed by atoms with Crippen molar-refractivity contribution in [1.29, 1.82) is 0 Å². The van der Waals surface area contributed by atoms with E-state index in [4.69, 9.17) is 4.74 Å². The molecule has 1 rings (SSSR count). The van der Waals surface area contributed by atoms with Gasteiger partial charge in [0.2, 0.25) is 0 Å². The molecule has 1 fully saturated rings. The van der Waals surface area contributed by atoms with Gasteiger partial charge in [0.15, 0.2) is 0 Å². The van der Waals surface area contributed by atoms with Crippen LogP contribution in [0, 0.1) is 0 Å². The molecular weight excluding hydrogens is 232 g/mol. The van der Waals surface area contributed by atoms with Gasteiger partial charge < -0.3 is 15.2 Å². The summed E-state index contributed by atoms with van der Waals surface area (Å²) in [6, 6.07) is 0.249. The van der Waals surface area contributed by atoms with Crippen LogP contribution in [0.4, 0.5) is 4.79 Å². The van der Waals surface area contributed by atoms with Crippen LogP contribution in [0.25, 0.3) is 0 Å². The molecule has 1 unspecified atom stereocenters. The van der Waals surface area contributed by atoms with Crippen LogP contribution < -0.4 is 5.32 Å². The average Bonchev–Trinajstić information content (AvgIpc) is 2.27. The summed E-state index contributed by atoms with van der Waals surface area (Å²) in [5, 5.41) is 12.0. The lowest BCUT2D eigenvalue weighted by Gasteiger charge is -2.34. The summed E-state index contributed by atoms with van der Waals surface area (Å²) >= 11 is 0. The van der Waals surface area contributed by atoms with Gasteiger partial charge in [-0.25, -0.2) is 4.79 Å². The first-order valence-electron chi connectivity index (χ1n) is 6.74. The molecule has 1 atom stereocenters. The number of alkyl carbamates (subject to hydrolysis) is 1. The lowest BCUT2D eigenvalue weighted by molar-refractivity contribution is 0.0502. The Morgan fingerprint density at radius 2 is 2.17 bits per heavy atom. The molecule has 0 radical (unpaired) electrons. The number of rotatable bonds is 4. The molecule has 0 aliphatic carbocycles. The van der Waals surface area contributed by atoms with Crippen molar-refractivity contribution in [3.63, 3.8) is 0 Å². The maximum atomic E-state index is 11.5. The second-order valence-electron chi connectivity index (χ2n) is 5.80. The monoisotopic (exact) mass is 258 g/mol. The third-order valence-electron chi connectivity index (χ3n) is 3.03. The minimum Gasteiger partial charge on any atom is -0.444 e. The van der Waals surface area contributed by atoms with E-state index in [0.717, 1.165) is 19.5 Å². The molecule has 0 spiro atoms. The lowest BCUT2D eigenvalue weighted by Crippen LogP contribution is -2.46. The average molecular weight is 258 g/mol. The normalized spacial score (nSPS) is 21.7. The molecule has 18 heavy (non-hydrogen) atoms. The van der Waals surface area contributed by atoms with Gasteiger partial charge in [-0.15, -0.1) is 0 Å². The quantitative estimate of drug-likeness (QED) is 0.799. The molecule has 0 bridgehead atoms. The van der Waals surface area contributed by atoms with Gasteiger partial charge in [-0.05, 0) is 40.2 Å². The first-order valence-corrected chi connectivity index (χ1v) is 6.74. The second-order valence-corrected chi connectivity index (χ2v) is 5.80. The number of carbonyl (C=O) groups is 1. The van der Waals surface area contributed by atoms with Gasteiger partial charge in [-0.1, -0.05) is 6.42 Å². The highest BCUT2D eigenvalue weighted by Gasteiger charge is 2.21. The Bertz CT molecular complexity index is 263. The number of nitrogens with zero attached hydrogens (tertiary/aromatic N) is 1. The van der Waals surface area contributed by atoms with E-state index >= 15 is 0 Å². The Hall–Kier alpha value is -0.810. The molecule has 0 saturated carbocycles. The number of hydrogen-bond donors (Lipinski definition) is 2. The molecule has 0 aromatic carbocycles. The van der Waals surface area contributed by atoms with Crippen LogP contribution in [-0.4, -0.2) is 54.0 Å².